The molecule has 1 aliphatic carbocycles. The zero-order valence-corrected chi connectivity index (χ0v) is 31.1. The smallest absolute Gasteiger partial charge is 0.426 e. The van der Waals surface area contributed by atoms with Crippen molar-refractivity contribution in [3.05, 3.63) is 130 Å². The first kappa shape index (κ1) is 39.4. The molecule has 5 rings (SSSR count). The largest absolute Gasteiger partial charge is 0.497 e. The van der Waals surface area contributed by atoms with Crippen molar-refractivity contribution in [1.29, 1.82) is 0 Å². The number of ether oxygens (including phenoxy) is 3. The van der Waals surface area contributed by atoms with Crippen molar-refractivity contribution in [2.24, 2.45) is 17.3 Å². The molecule has 0 bridgehead atoms. The average Bonchev–Trinajstić information content (AvgIpc) is 3.63. The van der Waals surface area contributed by atoms with Gasteiger partial charge in [0.1, 0.15) is 23.1 Å². The monoisotopic (exact) mass is 766 g/mol. The molecule has 1 saturated carbocycles. The number of hydrogen-bond donors (Lipinski definition) is 0. The number of carbonyl (C=O) groups is 1. The summed E-state index contributed by atoms with van der Waals surface area (Å²) in [5.41, 5.74) is 5.15. The van der Waals surface area contributed by atoms with E-state index < -0.39 is 38.2 Å². The van der Waals surface area contributed by atoms with Gasteiger partial charge in [-0.3, -0.25) is 4.79 Å². The van der Waals surface area contributed by atoms with Crippen molar-refractivity contribution in [1.82, 2.24) is 0 Å². The SMILES string of the molecule is COc1ccc(C(c2ccc(OC)cc2)C(Cl)(Cl)Cl)cc1.Cc1c(COC(=O)C2C(/C=C(\Cl)C(F)(F)F)C2(C)C)cccc1-c1ccccc1. The standard InChI is InChI=1S/C23H22ClF3O2.C16H15Cl3O2/c1-14-16(10-7-11-17(14)15-8-5-4-6-9-15)13-29-21(28)20-18(22(20,2)3)12-19(24)23(25,26)27;1-20-13-7-3-11(4-8-13)15(16(17,18)19)12-5-9-14(21-2)10-6-12/h4-12,18,20H,13H2,1-3H3;3-10,15H,1-2H3/b19-12-;. The second-order valence-corrected chi connectivity index (χ2v) is 15.2. The maximum absolute atomic E-state index is 12.7. The minimum absolute atomic E-state index is 0.0708. The van der Waals surface area contributed by atoms with Crippen LogP contribution in [0, 0.1) is 24.2 Å². The maximum Gasteiger partial charge on any atom is 0.426 e. The molecule has 0 N–H and O–H groups in total. The summed E-state index contributed by atoms with van der Waals surface area (Å²) in [4.78, 5) is 12.5. The molecular formula is C39H37Cl4F3O4. The quantitative estimate of drug-likeness (QED) is 0.126. The number of alkyl halides is 6. The third-order valence-electron chi connectivity index (χ3n) is 8.89. The highest BCUT2D eigenvalue weighted by atomic mass is 35.6. The zero-order valence-electron chi connectivity index (χ0n) is 28.0. The Morgan fingerprint density at radius 3 is 1.80 bits per heavy atom. The van der Waals surface area contributed by atoms with Crippen LogP contribution >= 0.6 is 46.4 Å². The van der Waals surface area contributed by atoms with Crippen molar-refractivity contribution in [2.75, 3.05) is 14.2 Å². The Kier molecular flexibility index (Phi) is 12.9. The molecule has 1 aliphatic rings. The number of esters is 1. The van der Waals surface area contributed by atoms with Crippen molar-refractivity contribution in [3.63, 3.8) is 0 Å². The van der Waals surface area contributed by atoms with Gasteiger partial charge in [0.2, 0.25) is 3.79 Å². The minimum atomic E-state index is -4.61. The van der Waals surface area contributed by atoms with E-state index in [0.717, 1.165) is 51.0 Å². The molecule has 266 valence electrons. The molecule has 0 aliphatic heterocycles. The molecular weight excluding hydrogens is 731 g/mol. The van der Waals surface area contributed by atoms with Gasteiger partial charge in [0.25, 0.3) is 0 Å². The van der Waals surface area contributed by atoms with E-state index >= 15 is 0 Å². The Balaban J connectivity index is 0.000000237. The molecule has 0 amide bonds. The molecule has 1 fully saturated rings. The highest BCUT2D eigenvalue weighted by Crippen LogP contribution is 2.60. The number of benzene rings is 4. The lowest BCUT2D eigenvalue weighted by molar-refractivity contribution is -0.147. The number of allylic oxidation sites excluding steroid dienone is 2. The summed E-state index contributed by atoms with van der Waals surface area (Å²) in [7, 11) is 3.23. The van der Waals surface area contributed by atoms with Crippen molar-refractivity contribution in [2.45, 2.75) is 43.3 Å². The van der Waals surface area contributed by atoms with E-state index in [2.05, 4.69) is 0 Å². The summed E-state index contributed by atoms with van der Waals surface area (Å²) in [6, 6.07) is 30.6. The summed E-state index contributed by atoms with van der Waals surface area (Å²) < 4.78 is 52.4. The topological polar surface area (TPSA) is 44.8 Å². The van der Waals surface area contributed by atoms with Gasteiger partial charge >= 0.3 is 12.1 Å². The Bertz CT molecular complexity index is 1720. The van der Waals surface area contributed by atoms with Gasteiger partial charge in [-0.2, -0.15) is 13.2 Å². The third-order valence-corrected chi connectivity index (χ3v) is 9.88. The van der Waals surface area contributed by atoms with Gasteiger partial charge in [-0.05, 0) is 75.9 Å². The van der Waals surface area contributed by atoms with Crippen LogP contribution in [-0.2, 0) is 16.1 Å². The Morgan fingerprint density at radius 2 is 1.34 bits per heavy atom. The van der Waals surface area contributed by atoms with E-state index in [9.17, 15) is 18.0 Å². The lowest BCUT2D eigenvalue weighted by Crippen LogP contribution is -2.18. The fourth-order valence-corrected chi connectivity index (χ4v) is 6.75. The summed E-state index contributed by atoms with van der Waals surface area (Å²) in [6.07, 6.45) is -3.68. The van der Waals surface area contributed by atoms with Crippen LogP contribution in [0.25, 0.3) is 11.1 Å². The lowest BCUT2D eigenvalue weighted by atomic mass is 9.92. The van der Waals surface area contributed by atoms with Crippen LogP contribution in [-0.4, -0.2) is 30.2 Å². The number of hydrogen-bond acceptors (Lipinski definition) is 4. The van der Waals surface area contributed by atoms with Gasteiger partial charge in [0, 0.05) is 0 Å². The predicted octanol–water partition coefficient (Wildman–Crippen LogP) is 11.9. The Labute approximate surface area is 311 Å². The first-order valence-electron chi connectivity index (χ1n) is 15.6. The molecule has 0 aromatic heterocycles. The number of carbonyl (C=O) groups excluding carboxylic acids is 1. The minimum Gasteiger partial charge on any atom is -0.497 e. The van der Waals surface area contributed by atoms with Gasteiger partial charge < -0.3 is 14.2 Å². The fraction of sp³-hybridized carbons (Fsp3) is 0.308. The molecule has 4 aromatic carbocycles. The van der Waals surface area contributed by atoms with E-state index in [4.69, 9.17) is 60.6 Å². The molecule has 0 heterocycles. The highest BCUT2D eigenvalue weighted by Gasteiger charge is 2.62. The van der Waals surface area contributed by atoms with Gasteiger partial charge in [0.15, 0.2) is 0 Å². The second kappa shape index (κ2) is 16.3. The fourth-order valence-electron chi connectivity index (χ4n) is 5.86. The number of rotatable bonds is 9. The number of methoxy groups -OCH3 is 2. The average molecular weight is 769 g/mol. The number of halogens is 7. The summed E-state index contributed by atoms with van der Waals surface area (Å²) in [6.45, 7) is 5.51. The first-order chi connectivity index (χ1) is 23.5. The first-order valence-corrected chi connectivity index (χ1v) is 17.1. The van der Waals surface area contributed by atoms with Crippen LogP contribution < -0.4 is 9.47 Å². The third kappa shape index (κ3) is 9.70. The normalized spacial score (nSPS) is 17.0. The van der Waals surface area contributed by atoms with Crippen molar-refractivity contribution < 1.29 is 32.2 Å². The molecule has 0 spiro atoms. The van der Waals surface area contributed by atoms with Crippen molar-refractivity contribution >= 4 is 52.4 Å². The molecule has 0 radical (unpaired) electrons. The van der Waals surface area contributed by atoms with E-state index in [1.807, 2.05) is 104 Å². The zero-order chi connectivity index (χ0) is 36.9. The summed E-state index contributed by atoms with van der Waals surface area (Å²) in [5, 5.41) is -1.20. The van der Waals surface area contributed by atoms with Gasteiger partial charge in [-0.15, -0.1) is 0 Å². The van der Waals surface area contributed by atoms with Gasteiger partial charge in [-0.25, -0.2) is 0 Å². The Hall–Kier alpha value is -3.36. The van der Waals surface area contributed by atoms with Crippen LogP contribution in [0.15, 0.2) is 108 Å². The van der Waals surface area contributed by atoms with Gasteiger partial charge in [-0.1, -0.05) is 139 Å². The van der Waals surface area contributed by atoms with Crippen LogP contribution in [0.2, 0.25) is 0 Å². The van der Waals surface area contributed by atoms with E-state index in [1.165, 1.54) is 0 Å². The summed E-state index contributed by atoms with van der Waals surface area (Å²) in [5.74, 6) is -0.600. The van der Waals surface area contributed by atoms with Crippen LogP contribution in [0.1, 0.15) is 42.0 Å². The predicted molar refractivity (Wildman–Crippen MR) is 195 cm³/mol. The van der Waals surface area contributed by atoms with E-state index in [1.54, 1.807) is 28.1 Å². The molecule has 11 heteroatoms. The van der Waals surface area contributed by atoms with Crippen LogP contribution in [0.5, 0.6) is 11.5 Å². The van der Waals surface area contributed by atoms with Crippen molar-refractivity contribution in [3.8, 4) is 22.6 Å². The maximum atomic E-state index is 12.7. The molecule has 4 nitrogen and oxygen atoms in total. The molecule has 0 saturated heterocycles. The lowest BCUT2D eigenvalue weighted by Gasteiger charge is -2.25. The van der Waals surface area contributed by atoms with Gasteiger partial charge in [0.05, 0.1) is 26.1 Å². The molecule has 4 aromatic rings. The summed E-state index contributed by atoms with van der Waals surface area (Å²) >= 11 is 23.9. The second-order valence-electron chi connectivity index (χ2n) is 12.4. The Morgan fingerprint density at radius 1 is 0.820 bits per heavy atom. The van der Waals surface area contributed by atoms with Crippen LogP contribution in [0.3, 0.4) is 0 Å². The molecule has 50 heavy (non-hydrogen) atoms. The van der Waals surface area contributed by atoms with Crippen LogP contribution in [0.4, 0.5) is 13.2 Å². The molecule has 2 atom stereocenters. The van der Waals surface area contributed by atoms with E-state index in [0.29, 0.717) is 0 Å². The molecule has 2 unspecified atom stereocenters. The highest BCUT2D eigenvalue weighted by molar-refractivity contribution is 6.68. The van der Waals surface area contributed by atoms with E-state index in [-0.39, 0.29) is 12.5 Å².